The fourth-order valence-electron chi connectivity index (χ4n) is 3.90. The second-order valence-corrected chi connectivity index (χ2v) is 7.95. The van der Waals surface area contributed by atoms with E-state index in [1.54, 1.807) is 0 Å². The molecule has 1 N–H and O–H groups in total. The van der Waals surface area contributed by atoms with E-state index in [0.29, 0.717) is 24.0 Å². The summed E-state index contributed by atoms with van der Waals surface area (Å²) < 4.78 is 2.25. The summed E-state index contributed by atoms with van der Waals surface area (Å²) in [5, 5.41) is 3.50. The molecule has 0 amide bonds. The lowest BCUT2D eigenvalue weighted by Crippen LogP contribution is -2.49. The zero-order valence-corrected chi connectivity index (χ0v) is 17.5. The predicted molar refractivity (Wildman–Crippen MR) is 110 cm³/mol. The highest BCUT2D eigenvalue weighted by molar-refractivity contribution is 5.80. The Hall–Kier alpha value is -1.56. The summed E-state index contributed by atoms with van der Waals surface area (Å²) in [5.74, 6) is 1.71. The number of aliphatic imine (C=N–C) groups is 1. The Morgan fingerprint density at radius 3 is 2.62 bits per heavy atom. The molecule has 1 aromatic rings. The number of likely N-dealkylation sites (tertiary alicyclic amines) is 1. The molecule has 1 fully saturated rings. The van der Waals surface area contributed by atoms with Crippen LogP contribution < -0.4 is 5.32 Å². The van der Waals surface area contributed by atoms with Crippen LogP contribution in [0.1, 0.15) is 54.0 Å². The zero-order valence-electron chi connectivity index (χ0n) is 17.5. The molecule has 0 aromatic carbocycles. The van der Waals surface area contributed by atoms with Gasteiger partial charge in [0.15, 0.2) is 5.96 Å². The molecular formula is C20H38N6. The van der Waals surface area contributed by atoms with Crippen LogP contribution in [0.25, 0.3) is 0 Å². The molecule has 0 saturated carbocycles. The molecule has 2 atom stereocenters. The van der Waals surface area contributed by atoms with Crippen LogP contribution in [0, 0.1) is 5.92 Å². The van der Waals surface area contributed by atoms with Crippen molar-refractivity contribution in [3.63, 3.8) is 0 Å². The van der Waals surface area contributed by atoms with Crippen molar-refractivity contribution in [2.45, 2.75) is 66.1 Å². The lowest BCUT2D eigenvalue weighted by atomic mass is 9.93. The van der Waals surface area contributed by atoms with E-state index in [2.05, 4.69) is 72.4 Å². The van der Waals surface area contributed by atoms with Gasteiger partial charge in [-0.1, -0.05) is 6.92 Å². The second kappa shape index (κ2) is 9.95. The Balaban J connectivity index is 2.03. The molecule has 2 rings (SSSR count). The number of aromatic nitrogens is 2. The van der Waals surface area contributed by atoms with Crippen LogP contribution in [-0.2, 0) is 0 Å². The van der Waals surface area contributed by atoms with Gasteiger partial charge in [0.25, 0.3) is 0 Å². The van der Waals surface area contributed by atoms with Crippen molar-refractivity contribution in [1.29, 1.82) is 0 Å². The van der Waals surface area contributed by atoms with Crippen LogP contribution >= 0.6 is 0 Å². The molecular weight excluding hydrogens is 324 g/mol. The molecule has 0 radical (unpaired) electrons. The van der Waals surface area contributed by atoms with Gasteiger partial charge in [0, 0.05) is 50.7 Å². The third-order valence-electron chi connectivity index (χ3n) is 5.41. The summed E-state index contributed by atoms with van der Waals surface area (Å²) in [6.07, 6.45) is 7.07. The highest BCUT2D eigenvalue weighted by Gasteiger charge is 2.28. The molecule has 0 bridgehead atoms. The Bertz CT molecular complexity index is 529. The number of rotatable bonds is 7. The minimum atomic E-state index is 0.456. The van der Waals surface area contributed by atoms with Gasteiger partial charge in [-0.3, -0.25) is 9.89 Å². The molecule has 1 aromatic heterocycles. The average molecular weight is 363 g/mol. The van der Waals surface area contributed by atoms with Gasteiger partial charge in [-0.25, -0.2) is 4.98 Å². The molecule has 148 valence electrons. The highest BCUT2D eigenvalue weighted by atomic mass is 15.3. The zero-order chi connectivity index (χ0) is 19.1. The van der Waals surface area contributed by atoms with E-state index >= 15 is 0 Å². The summed E-state index contributed by atoms with van der Waals surface area (Å²) in [4.78, 5) is 14.1. The number of piperidine rings is 1. The first kappa shape index (κ1) is 20.7. The van der Waals surface area contributed by atoms with Gasteiger partial charge in [0.2, 0.25) is 0 Å². The lowest BCUT2D eigenvalue weighted by Gasteiger charge is -2.39. The first-order valence-electron chi connectivity index (χ1n) is 10.2. The Labute approximate surface area is 159 Å². The average Bonchev–Trinajstić information content (AvgIpc) is 3.12. The smallest absolute Gasteiger partial charge is 0.194 e. The maximum absolute atomic E-state index is 4.95. The monoisotopic (exact) mass is 362 g/mol. The normalized spacial score (nSPS) is 21.9. The minimum absolute atomic E-state index is 0.456. The second-order valence-electron chi connectivity index (χ2n) is 7.95. The Kier molecular flexibility index (Phi) is 7.94. The van der Waals surface area contributed by atoms with Crippen molar-refractivity contribution >= 4 is 5.96 Å². The van der Waals surface area contributed by atoms with Crippen LogP contribution in [0.2, 0.25) is 0 Å². The highest BCUT2D eigenvalue weighted by Crippen LogP contribution is 2.27. The summed E-state index contributed by atoms with van der Waals surface area (Å²) in [6.45, 7) is 18.3. The Morgan fingerprint density at radius 1 is 1.31 bits per heavy atom. The van der Waals surface area contributed by atoms with Crippen LogP contribution in [0.4, 0.5) is 0 Å². The fourth-order valence-corrected chi connectivity index (χ4v) is 3.90. The predicted octanol–water partition coefficient (Wildman–Crippen LogP) is 2.85. The number of nitrogens with zero attached hydrogens (tertiary/aromatic N) is 5. The number of nitrogens with one attached hydrogen (secondary N) is 1. The molecule has 0 spiro atoms. The van der Waals surface area contributed by atoms with Gasteiger partial charge in [-0.05, 0) is 47.0 Å². The van der Waals surface area contributed by atoms with Crippen LogP contribution in [0.15, 0.2) is 23.7 Å². The molecule has 1 aliphatic heterocycles. The number of imidazole rings is 1. The third kappa shape index (κ3) is 5.47. The van der Waals surface area contributed by atoms with E-state index < -0.39 is 0 Å². The molecule has 26 heavy (non-hydrogen) atoms. The summed E-state index contributed by atoms with van der Waals surface area (Å²) in [7, 11) is 0. The quantitative estimate of drug-likeness (QED) is 0.598. The van der Waals surface area contributed by atoms with E-state index in [4.69, 9.17) is 4.99 Å². The topological polar surface area (TPSA) is 48.7 Å². The molecule has 1 saturated heterocycles. The van der Waals surface area contributed by atoms with E-state index in [-0.39, 0.29) is 0 Å². The molecule has 0 aliphatic carbocycles. The molecule has 2 heterocycles. The Morgan fingerprint density at radius 2 is 2.04 bits per heavy atom. The molecule has 2 unspecified atom stereocenters. The fraction of sp³-hybridized carbons (Fsp3) is 0.800. The van der Waals surface area contributed by atoms with Crippen molar-refractivity contribution in [1.82, 2.24) is 24.7 Å². The molecule has 6 heteroatoms. The summed E-state index contributed by atoms with van der Waals surface area (Å²) in [6, 6.07) is 1.56. The van der Waals surface area contributed by atoms with E-state index in [1.165, 1.54) is 6.42 Å². The van der Waals surface area contributed by atoms with E-state index in [0.717, 1.165) is 38.7 Å². The SMILES string of the molecule is CCNC(=NCCN(C(C)C)C(C)C)N1CCC(C)C(n2ccnc2)C1. The van der Waals surface area contributed by atoms with Gasteiger partial charge in [-0.2, -0.15) is 0 Å². The van der Waals surface area contributed by atoms with Crippen molar-refractivity contribution in [3.8, 4) is 0 Å². The minimum Gasteiger partial charge on any atom is -0.357 e. The first-order chi connectivity index (χ1) is 12.4. The van der Waals surface area contributed by atoms with Gasteiger partial charge in [0.05, 0.1) is 18.9 Å². The maximum Gasteiger partial charge on any atom is 0.194 e. The third-order valence-corrected chi connectivity index (χ3v) is 5.41. The van der Waals surface area contributed by atoms with E-state index in [9.17, 15) is 0 Å². The maximum atomic E-state index is 4.95. The van der Waals surface area contributed by atoms with Gasteiger partial charge < -0.3 is 14.8 Å². The number of guanidine groups is 1. The van der Waals surface area contributed by atoms with Crippen LogP contribution in [-0.4, -0.2) is 70.1 Å². The van der Waals surface area contributed by atoms with Crippen molar-refractivity contribution in [3.05, 3.63) is 18.7 Å². The first-order valence-corrected chi connectivity index (χ1v) is 10.2. The van der Waals surface area contributed by atoms with E-state index in [1.807, 2.05) is 12.5 Å². The summed E-state index contributed by atoms with van der Waals surface area (Å²) in [5.41, 5.74) is 0. The number of hydrogen-bond acceptors (Lipinski definition) is 3. The van der Waals surface area contributed by atoms with Crippen molar-refractivity contribution < 1.29 is 0 Å². The van der Waals surface area contributed by atoms with Crippen molar-refractivity contribution in [2.75, 3.05) is 32.7 Å². The van der Waals surface area contributed by atoms with Crippen molar-refractivity contribution in [2.24, 2.45) is 10.9 Å². The molecule has 1 aliphatic rings. The van der Waals surface area contributed by atoms with Gasteiger partial charge in [-0.15, -0.1) is 0 Å². The largest absolute Gasteiger partial charge is 0.357 e. The summed E-state index contributed by atoms with van der Waals surface area (Å²) >= 11 is 0. The van der Waals surface area contributed by atoms with Crippen LogP contribution in [0.3, 0.4) is 0 Å². The molecule has 6 nitrogen and oxygen atoms in total. The number of hydrogen-bond donors (Lipinski definition) is 1. The van der Waals surface area contributed by atoms with Crippen LogP contribution in [0.5, 0.6) is 0 Å². The van der Waals surface area contributed by atoms with Gasteiger partial charge >= 0.3 is 0 Å². The standard InChI is InChI=1S/C20H38N6/c1-7-22-20(23-10-13-26(16(2)3)17(4)5)24-11-8-18(6)19(14-24)25-12-9-21-15-25/h9,12,15-19H,7-8,10-11,13-14H2,1-6H3,(H,22,23). The lowest BCUT2D eigenvalue weighted by molar-refractivity contribution is 0.178. The van der Waals surface area contributed by atoms with Gasteiger partial charge in [0.1, 0.15) is 0 Å².